The number of benzene rings is 1. The fourth-order valence-corrected chi connectivity index (χ4v) is 2.30. The average Bonchev–Trinajstić information content (AvgIpc) is 2.13. The van der Waals surface area contributed by atoms with E-state index in [1.165, 1.54) is 5.56 Å². The Hall–Kier alpha value is -1.02. The van der Waals surface area contributed by atoms with Crippen LogP contribution < -0.4 is 4.74 Å². The van der Waals surface area contributed by atoms with Crippen molar-refractivity contribution in [3.05, 3.63) is 29.8 Å². The van der Waals surface area contributed by atoms with Gasteiger partial charge in [0.05, 0.1) is 5.60 Å². The Balaban J connectivity index is 2.27. The second-order valence-corrected chi connectivity index (χ2v) is 4.91. The lowest BCUT2D eigenvalue weighted by atomic mass is 9.88. The average molecular weight is 206 g/mol. The zero-order valence-corrected chi connectivity index (χ0v) is 9.36. The van der Waals surface area contributed by atoms with E-state index in [4.69, 9.17) is 4.74 Å². The fraction of sp³-hybridized carbons (Fsp3) is 0.538. The molecule has 0 saturated heterocycles. The van der Waals surface area contributed by atoms with Crippen LogP contribution in [0.5, 0.6) is 5.75 Å². The lowest BCUT2D eigenvalue weighted by Gasteiger charge is -2.30. The van der Waals surface area contributed by atoms with Crippen LogP contribution in [0.1, 0.15) is 25.8 Å². The van der Waals surface area contributed by atoms with E-state index in [0.29, 0.717) is 12.5 Å². The van der Waals surface area contributed by atoms with Crippen LogP contribution in [-0.4, -0.2) is 17.3 Å². The Kier molecular flexibility index (Phi) is 2.70. The van der Waals surface area contributed by atoms with E-state index in [1.54, 1.807) is 0 Å². The van der Waals surface area contributed by atoms with Gasteiger partial charge in [-0.05, 0) is 37.3 Å². The highest BCUT2D eigenvalue weighted by Crippen LogP contribution is 2.29. The van der Waals surface area contributed by atoms with E-state index in [9.17, 15) is 5.11 Å². The maximum atomic E-state index is 10.1. The quantitative estimate of drug-likeness (QED) is 0.706. The third-order valence-corrected chi connectivity index (χ3v) is 2.87. The molecule has 1 aromatic rings. The topological polar surface area (TPSA) is 29.5 Å². The van der Waals surface area contributed by atoms with Gasteiger partial charge in [-0.2, -0.15) is 0 Å². The number of hydrogen-bond acceptors (Lipinski definition) is 2. The summed E-state index contributed by atoms with van der Waals surface area (Å²) < 4.78 is 5.64. The summed E-state index contributed by atoms with van der Waals surface area (Å²) in [5, 5.41) is 10.1. The van der Waals surface area contributed by atoms with Gasteiger partial charge in [0.1, 0.15) is 12.4 Å². The summed E-state index contributed by atoms with van der Waals surface area (Å²) in [7, 11) is 0. The van der Waals surface area contributed by atoms with Crippen molar-refractivity contribution in [2.45, 2.75) is 32.3 Å². The largest absolute Gasteiger partial charge is 0.490 e. The minimum Gasteiger partial charge on any atom is -0.490 e. The minimum atomic E-state index is -0.701. The predicted octanol–water partition coefficient (Wildman–Crippen LogP) is 2.40. The van der Waals surface area contributed by atoms with Gasteiger partial charge >= 0.3 is 0 Å². The molecule has 2 atom stereocenters. The molecule has 1 aliphatic rings. The summed E-state index contributed by atoms with van der Waals surface area (Å²) in [5.74, 6) is 1.41. The highest BCUT2D eigenvalue weighted by atomic mass is 16.5. The standard InChI is InChI=1S/C13H18O2/c1-10-7-11-5-3-4-6-12(11)15-9-13(2,14)8-10/h3-6,10,14H,7-9H2,1-2H3. The van der Waals surface area contributed by atoms with Gasteiger partial charge in [-0.3, -0.25) is 0 Å². The molecule has 2 heteroatoms. The smallest absolute Gasteiger partial charge is 0.122 e. The van der Waals surface area contributed by atoms with Crippen LogP contribution in [0.25, 0.3) is 0 Å². The van der Waals surface area contributed by atoms with Crippen molar-refractivity contribution in [1.29, 1.82) is 0 Å². The molecular weight excluding hydrogens is 188 g/mol. The van der Waals surface area contributed by atoms with Crippen molar-refractivity contribution in [2.24, 2.45) is 5.92 Å². The van der Waals surface area contributed by atoms with E-state index in [2.05, 4.69) is 13.0 Å². The van der Waals surface area contributed by atoms with Crippen LogP contribution >= 0.6 is 0 Å². The van der Waals surface area contributed by atoms with Gasteiger partial charge in [-0.1, -0.05) is 25.1 Å². The number of hydrogen-bond donors (Lipinski definition) is 1. The maximum absolute atomic E-state index is 10.1. The Morgan fingerprint density at radius 3 is 2.93 bits per heavy atom. The fourth-order valence-electron chi connectivity index (χ4n) is 2.30. The van der Waals surface area contributed by atoms with Gasteiger partial charge in [0.2, 0.25) is 0 Å². The molecular formula is C13H18O2. The van der Waals surface area contributed by atoms with Crippen molar-refractivity contribution >= 4 is 0 Å². The van der Waals surface area contributed by atoms with E-state index >= 15 is 0 Å². The maximum Gasteiger partial charge on any atom is 0.122 e. The zero-order valence-electron chi connectivity index (χ0n) is 9.36. The molecule has 1 N–H and O–H groups in total. The van der Waals surface area contributed by atoms with Crippen LogP contribution in [0.2, 0.25) is 0 Å². The van der Waals surface area contributed by atoms with Gasteiger partial charge in [-0.15, -0.1) is 0 Å². The Labute approximate surface area is 90.9 Å². The molecule has 2 unspecified atom stereocenters. The lowest BCUT2D eigenvalue weighted by Crippen LogP contribution is -2.36. The molecule has 1 heterocycles. The van der Waals surface area contributed by atoms with E-state index < -0.39 is 5.60 Å². The molecule has 0 aliphatic carbocycles. The molecule has 1 aliphatic heterocycles. The van der Waals surface area contributed by atoms with E-state index in [0.717, 1.165) is 18.6 Å². The molecule has 2 nitrogen and oxygen atoms in total. The molecule has 0 aromatic heterocycles. The monoisotopic (exact) mass is 206 g/mol. The van der Waals surface area contributed by atoms with Gasteiger partial charge in [0.15, 0.2) is 0 Å². The Morgan fingerprint density at radius 2 is 2.13 bits per heavy atom. The van der Waals surface area contributed by atoms with Crippen LogP contribution in [0.4, 0.5) is 0 Å². The molecule has 0 radical (unpaired) electrons. The number of fused-ring (bicyclic) bond motifs is 1. The molecule has 0 saturated carbocycles. The van der Waals surface area contributed by atoms with Gasteiger partial charge < -0.3 is 9.84 Å². The molecule has 82 valence electrons. The molecule has 0 bridgehead atoms. The third-order valence-electron chi connectivity index (χ3n) is 2.87. The van der Waals surface area contributed by atoms with Crippen LogP contribution in [0.3, 0.4) is 0 Å². The Bertz CT molecular complexity index is 344. The van der Waals surface area contributed by atoms with E-state index in [-0.39, 0.29) is 0 Å². The summed E-state index contributed by atoms with van der Waals surface area (Å²) in [6, 6.07) is 8.09. The highest BCUT2D eigenvalue weighted by molar-refractivity contribution is 5.34. The second kappa shape index (κ2) is 3.86. The van der Waals surface area contributed by atoms with E-state index in [1.807, 2.05) is 25.1 Å². The summed E-state index contributed by atoms with van der Waals surface area (Å²) in [4.78, 5) is 0. The van der Waals surface area contributed by atoms with Crippen LogP contribution in [0, 0.1) is 5.92 Å². The van der Waals surface area contributed by atoms with Crippen molar-refractivity contribution in [3.63, 3.8) is 0 Å². The molecule has 0 spiro atoms. The number of aliphatic hydroxyl groups is 1. The van der Waals surface area contributed by atoms with Gasteiger partial charge in [-0.25, -0.2) is 0 Å². The first-order chi connectivity index (χ1) is 7.07. The molecule has 1 aromatic carbocycles. The number of para-hydroxylation sites is 1. The zero-order chi connectivity index (χ0) is 10.9. The first kappa shape index (κ1) is 10.5. The van der Waals surface area contributed by atoms with Crippen LogP contribution in [-0.2, 0) is 6.42 Å². The predicted molar refractivity (Wildman–Crippen MR) is 60.0 cm³/mol. The first-order valence-corrected chi connectivity index (χ1v) is 5.50. The molecule has 0 amide bonds. The summed E-state index contributed by atoms with van der Waals surface area (Å²) in [5.41, 5.74) is 0.549. The normalized spacial score (nSPS) is 31.0. The van der Waals surface area contributed by atoms with Crippen molar-refractivity contribution < 1.29 is 9.84 Å². The van der Waals surface area contributed by atoms with Crippen molar-refractivity contribution in [1.82, 2.24) is 0 Å². The number of rotatable bonds is 0. The Morgan fingerprint density at radius 1 is 1.40 bits per heavy atom. The lowest BCUT2D eigenvalue weighted by molar-refractivity contribution is -0.0110. The van der Waals surface area contributed by atoms with Gasteiger partial charge in [0.25, 0.3) is 0 Å². The minimum absolute atomic E-state index is 0.383. The number of ether oxygens (including phenoxy) is 1. The third kappa shape index (κ3) is 2.51. The highest BCUT2D eigenvalue weighted by Gasteiger charge is 2.27. The summed E-state index contributed by atoms with van der Waals surface area (Å²) >= 11 is 0. The van der Waals surface area contributed by atoms with Crippen LogP contribution in [0.15, 0.2) is 24.3 Å². The second-order valence-electron chi connectivity index (χ2n) is 4.91. The SMILES string of the molecule is CC1Cc2ccccc2OCC(C)(O)C1. The van der Waals surface area contributed by atoms with Crippen molar-refractivity contribution in [2.75, 3.05) is 6.61 Å². The molecule has 2 rings (SSSR count). The van der Waals surface area contributed by atoms with Crippen molar-refractivity contribution in [3.8, 4) is 5.75 Å². The van der Waals surface area contributed by atoms with Gasteiger partial charge in [0, 0.05) is 0 Å². The molecule has 0 fully saturated rings. The summed E-state index contributed by atoms with van der Waals surface area (Å²) in [6.07, 6.45) is 1.77. The summed E-state index contributed by atoms with van der Waals surface area (Å²) in [6.45, 7) is 4.41. The first-order valence-electron chi connectivity index (χ1n) is 5.50. The molecule has 15 heavy (non-hydrogen) atoms.